The first-order chi connectivity index (χ1) is 13.1. The van der Waals surface area contributed by atoms with Crippen LogP contribution in [0.4, 0.5) is 0 Å². The number of fused-ring (bicyclic) bond motifs is 1. The molecule has 0 aliphatic carbocycles. The number of nitrogens with zero attached hydrogens (tertiary/aromatic N) is 1. The summed E-state index contributed by atoms with van der Waals surface area (Å²) < 4.78 is 11.2. The smallest absolute Gasteiger partial charge is 0.306 e. The summed E-state index contributed by atoms with van der Waals surface area (Å²) in [7, 11) is 1.60. The Balaban J connectivity index is 1.37. The minimum Gasteiger partial charge on any atom is -0.497 e. The van der Waals surface area contributed by atoms with Gasteiger partial charge < -0.3 is 14.8 Å². The van der Waals surface area contributed by atoms with E-state index in [-0.39, 0.29) is 18.9 Å². The van der Waals surface area contributed by atoms with E-state index in [1.165, 1.54) is 0 Å². The summed E-state index contributed by atoms with van der Waals surface area (Å²) in [6, 6.07) is 15.2. The molecule has 0 radical (unpaired) electrons. The Kier molecular flexibility index (Phi) is 6.38. The molecule has 1 amide bonds. The monoisotopic (exact) mass is 384 g/mol. The number of amides is 1. The fraction of sp³-hybridized carbons (Fsp3) is 0.250. The van der Waals surface area contributed by atoms with E-state index in [1.54, 1.807) is 18.4 Å². The third-order valence-corrected chi connectivity index (χ3v) is 4.99. The maximum Gasteiger partial charge on any atom is 0.306 e. The van der Waals surface area contributed by atoms with Gasteiger partial charge in [-0.05, 0) is 29.8 Å². The molecule has 2 aromatic carbocycles. The standard InChI is InChI=1S/C20H20N2O4S/c1-25-15-8-6-14(7-9-15)12-21-18(23)13-26-20(24)11-10-19-22-16-4-2-3-5-17(16)27-19/h2-9H,10-13H2,1H3,(H,21,23). The Morgan fingerprint density at radius 3 is 2.63 bits per heavy atom. The van der Waals surface area contributed by atoms with E-state index in [0.717, 1.165) is 26.5 Å². The Hall–Kier alpha value is -2.93. The number of hydrogen-bond donors (Lipinski definition) is 1. The lowest BCUT2D eigenvalue weighted by Gasteiger charge is -2.07. The molecule has 3 aromatic rings. The highest BCUT2D eigenvalue weighted by atomic mass is 32.1. The van der Waals surface area contributed by atoms with Gasteiger partial charge in [0, 0.05) is 13.0 Å². The first-order valence-corrected chi connectivity index (χ1v) is 9.35. The van der Waals surface area contributed by atoms with Crippen LogP contribution in [0.15, 0.2) is 48.5 Å². The zero-order chi connectivity index (χ0) is 19.1. The quantitative estimate of drug-likeness (QED) is 0.604. The highest BCUT2D eigenvalue weighted by molar-refractivity contribution is 7.18. The Morgan fingerprint density at radius 1 is 1.11 bits per heavy atom. The number of hydrogen-bond acceptors (Lipinski definition) is 6. The van der Waals surface area contributed by atoms with Crippen LogP contribution in [0.2, 0.25) is 0 Å². The lowest BCUT2D eigenvalue weighted by Crippen LogP contribution is -2.28. The summed E-state index contributed by atoms with van der Waals surface area (Å²) in [4.78, 5) is 28.1. The number of methoxy groups -OCH3 is 1. The number of carbonyl (C=O) groups is 2. The highest BCUT2D eigenvalue weighted by Gasteiger charge is 2.10. The molecule has 6 nitrogen and oxygen atoms in total. The molecule has 0 atom stereocenters. The maximum absolute atomic E-state index is 11.8. The van der Waals surface area contributed by atoms with Gasteiger partial charge in [0.2, 0.25) is 0 Å². The van der Waals surface area contributed by atoms with Crippen LogP contribution in [0.1, 0.15) is 17.0 Å². The number of carbonyl (C=O) groups excluding carboxylic acids is 2. The van der Waals surface area contributed by atoms with E-state index >= 15 is 0 Å². The third kappa shape index (κ3) is 5.52. The molecule has 0 bridgehead atoms. The molecule has 0 spiro atoms. The SMILES string of the molecule is COc1ccc(CNC(=O)COC(=O)CCc2nc3ccccc3s2)cc1. The van der Waals surface area contributed by atoms with E-state index < -0.39 is 5.97 Å². The molecule has 1 N–H and O–H groups in total. The number of aryl methyl sites for hydroxylation is 1. The van der Waals surface area contributed by atoms with E-state index in [9.17, 15) is 9.59 Å². The normalized spacial score (nSPS) is 10.6. The molecule has 3 rings (SSSR count). The second kappa shape index (κ2) is 9.14. The zero-order valence-corrected chi connectivity index (χ0v) is 15.8. The van der Waals surface area contributed by atoms with Gasteiger partial charge in [0.05, 0.1) is 28.8 Å². The van der Waals surface area contributed by atoms with Crippen molar-refractivity contribution in [2.24, 2.45) is 0 Å². The average molecular weight is 384 g/mol. The molecule has 0 unspecified atom stereocenters. The minimum atomic E-state index is -0.408. The third-order valence-electron chi connectivity index (χ3n) is 3.89. The maximum atomic E-state index is 11.8. The minimum absolute atomic E-state index is 0.200. The van der Waals surface area contributed by atoms with Crippen molar-refractivity contribution in [3.05, 3.63) is 59.1 Å². The Bertz CT molecular complexity index is 888. The summed E-state index contributed by atoms with van der Waals surface area (Å²) in [6.07, 6.45) is 0.706. The average Bonchev–Trinajstić information content (AvgIpc) is 3.12. The van der Waals surface area contributed by atoms with Gasteiger partial charge in [-0.25, -0.2) is 4.98 Å². The fourth-order valence-electron chi connectivity index (χ4n) is 2.45. The number of nitrogens with one attached hydrogen (secondary N) is 1. The lowest BCUT2D eigenvalue weighted by atomic mass is 10.2. The van der Waals surface area contributed by atoms with Gasteiger partial charge in [-0.2, -0.15) is 0 Å². The van der Waals surface area contributed by atoms with Crippen molar-refractivity contribution in [1.29, 1.82) is 0 Å². The van der Waals surface area contributed by atoms with Crippen molar-refractivity contribution in [3.63, 3.8) is 0 Å². The van der Waals surface area contributed by atoms with Gasteiger partial charge in [-0.1, -0.05) is 24.3 Å². The molecule has 0 saturated heterocycles. The molecular formula is C20H20N2O4S. The van der Waals surface area contributed by atoms with Crippen LogP contribution in [0.5, 0.6) is 5.75 Å². The van der Waals surface area contributed by atoms with Crippen molar-refractivity contribution in [2.45, 2.75) is 19.4 Å². The van der Waals surface area contributed by atoms with Crippen LogP contribution in [0.3, 0.4) is 0 Å². The number of esters is 1. The van der Waals surface area contributed by atoms with Crippen LogP contribution >= 0.6 is 11.3 Å². The van der Waals surface area contributed by atoms with Crippen molar-refractivity contribution in [3.8, 4) is 5.75 Å². The van der Waals surface area contributed by atoms with Crippen LogP contribution in [-0.4, -0.2) is 30.6 Å². The molecule has 0 aliphatic rings. The molecule has 0 saturated carbocycles. The van der Waals surface area contributed by atoms with Gasteiger partial charge in [0.25, 0.3) is 5.91 Å². The lowest BCUT2D eigenvalue weighted by molar-refractivity contribution is -0.148. The summed E-state index contributed by atoms with van der Waals surface area (Å²) in [5.74, 6) is 0.0140. The number of ether oxygens (including phenoxy) is 2. The fourth-order valence-corrected chi connectivity index (χ4v) is 3.42. The van der Waals surface area contributed by atoms with Gasteiger partial charge in [-0.3, -0.25) is 9.59 Å². The molecule has 140 valence electrons. The molecule has 0 aliphatic heterocycles. The van der Waals surface area contributed by atoms with E-state index in [2.05, 4.69) is 10.3 Å². The summed E-state index contributed by atoms with van der Waals surface area (Å²) >= 11 is 1.56. The first-order valence-electron chi connectivity index (χ1n) is 8.54. The molecule has 7 heteroatoms. The van der Waals surface area contributed by atoms with Crippen LogP contribution < -0.4 is 10.1 Å². The summed E-state index contributed by atoms with van der Waals surface area (Å²) in [6.45, 7) is 0.0842. The predicted molar refractivity (Wildman–Crippen MR) is 104 cm³/mol. The van der Waals surface area contributed by atoms with Crippen molar-refractivity contribution in [2.75, 3.05) is 13.7 Å². The van der Waals surface area contributed by atoms with Crippen LogP contribution in [-0.2, 0) is 27.3 Å². The van der Waals surface area contributed by atoms with Gasteiger partial charge in [0.1, 0.15) is 5.75 Å². The Morgan fingerprint density at radius 2 is 1.89 bits per heavy atom. The summed E-state index contributed by atoms with van der Waals surface area (Å²) in [5.41, 5.74) is 1.87. The number of aromatic nitrogens is 1. The second-order valence-electron chi connectivity index (χ2n) is 5.86. The van der Waals surface area contributed by atoms with Crippen LogP contribution in [0, 0.1) is 0 Å². The van der Waals surface area contributed by atoms with Crippen molar-refractivity contribution >= 4 is 33.4 Å². The van der Waals surface area contributed by atoms with Crippen molar-refractivity contribution in [1.82, 2.24) is 10.3 Å². The number of rotatable bonds is 8. The number of benzene rings is 2. The van der Waals surface area contributed by atoms with Crippen molar-refractivity contribution < 1.29 is 19.1 Å². The molecule has 1 aromatic heterocycles. The Labute approximate surface area is 161 Å². The van der Waals surface area contributed by atoms with Crippen LogP contribution in [0.25, 0.3) is 10.2 Å². The van der Waals surface area contributed by atoms with Gasteiger partial charge in [0.15, 0.2) is 6.61 Å². The topological polar surface area (TPSA) is 77.5 Å². The van der Waals surface area contributed by atoms with E-state index in [1.807, 2.05) is 48.5 Å². The molecular weight excluding hydrogens is 364 g/mol. The summed E-state index contributed by atoms with van der Waals surface area (Å²) in [5, 5.41) is 3.60. The second-order valence-corrected chi connectivity index (χ2v) is 6.98. The largest absolute Gasteiger partial charge is 0.497 e. The van der Waals surface area contributed by atoms with E-state index in [0.29, 0.717) is 13.0 Å². The number of para-hydroxylation sites is 1. The molecule has 27 heavy (non-hydrogen) atoms. The first kappa shape index (κ1) is 18.8. The molecule has 0 fully saturated rings. The molecule has 1 heterocycles. The van der Waals surface area contributed by atoms with Gasteiger partial charge in [-0.15, -0.1) is 11.3 Å². The zero-order valence-electron chi connectivity index (χ0n) is 14.9. The number of thiazole rings is 1. The highest BCUT2D eigenvalue weighted by Crippen LogP contribution is 2.22. The van der Waals surface area contributed by atoms with E-state index in [4.69, 9.17) is 9.47 Å². The predicted octanol–water partition coefficient (Wildman–Crippen LogP) is 3.10. The van der Waals surface area contributed by atoms with Gasteiger partial charge >= 0.3 is 5.97 Å².